The molecule has 138 valence electrons. The first-order valence-corrected chi connectivity index (χ1v) is 8.63. The van der Waals surface area contributed by atoms with Crippen molar-refractivity contribution >= 4 is 11.9 Å². The van der Waals surface area contributed by atoms with E-state index in [0.717, 1.165) is 29.9 Å². The molecule has 2 heterocycles. The van der Waals surface area contributed by atoms with Crippen molar-refractivity contribution in [1.29, 1.82) is 0 Å². The number of anilines is 1. The number of nitrogens with two attached hydrogens (primary N) is 1. The molecule has 0 bridgehead atoms. The first-order valence-electron chi connectivity index (χ1n) is 8.63. The van der Waals surface area contributed by atoms with E-state index in [2.05, 4.69) is 21.4 Å². The molecule has 0 spiro atoms. The summed E-state index contributed by atoms with van der Waals surface area (Å²) >= 11 is 0. The number of aliphatic carboxylic acids is 1. The van der Waals surface area contributed by atoms with Crippen LogP contribution in [0.4, 0.5) is 5.95 Å². The minimum absolute atomic E-state index is 0.0578. The minimum atomic E-state index is -1.02. The van der Waals surface area contributed by atoms with Crippen LogP contribution in [0, 0.1) is 0 Å². The van der Waals surface area contributed by atoms with Gasteiger partial charge in [-0.25, -0.2) is 14.8 Å². The van der Waals surface area contributed by atoms with E-state index in [-0.39, 0.29) is 11.5 Å². The van der Waals surface area contributed by atoms with E-state index in [1.165, 1.54) is 0 Å². The summed E-state index contributed by atoms with van der Waals surface area (Å²) in [5, 5.41) is 8.97. The van der Waals surface area contributed by atoms with Crippen LogP contribution in [0.3, 0.4) is 0 Å². The van der Waals surface area contributed by atoms with Crippen LogP contribution in [0.25, 0.3) is 0 Å². The van der Waals surface area contributed by atoms with Gasteiger partial charge in [0, 0.05) is 37.0 Å². The Morgan fingerprint density at radius 2 is 2.00 bits per heavy atom. The van der Waals surface area contributed by atoms with Crippen LogP contribution in [0.1, 0.15) is 45.9 Å². The SMILES string of the molecule is C=C(/C=C(\C=C/C)N1CCc2nc(N)ncc2C1)C(=O)O.CC.CC. The fourth-order valence-electron chi connectivity index (χ4n) is 2.21. The van der Waals surface area contributed by atoms with E-state index in [1.807, 2.05) is 46.8 Å². The highest BCUT2D eigenvalue weighted by atomic mass is 16.4. The lowest BCUT2D eigenvalue weighted by Crippen LogP contribution is -2.30. The predicted octanol–water partition coefficient (Wildman–Crippen LogP) is 3.57. The number of carboxylic acid groups (broad SMARTS) is 1. The molecule has 1 aliphatic heterocycles. The maximum absolute atomic E-state index is 10.9. The molecule has 1 aromatic heterocycles. The summed E-state index contributed by atoms with van der Waals surface area (Å²) in [5.41, 5.74) is 8.42. The number of allylic oxidation sites excluding steroid dienone is 2. The summed E-state index contributed by atoms with van der Waals surface area (Å²) in [6.45, 7) is 14.8. The van der Waals surface area contributed by atoms with Crippen molar-refractivity contribution < 1.29 is 9.90 Å². The average molecular weight is 346 g/mol. The van der Waals surface area contributed by atoms with Gasteiger partial charge < -0.3 is 15.7 Å². The molecular formula is C19H30N4O2. The van der Waals surface area contributed by atoms with Crippen molar-refractivity contribution in [1.82, 2.24) is 14.9 Å². The molecule has 0 amide bonds. The van der Waals surface area contributed by atoms with Crippen molar-refractivity contribution in [2.24, 2.45) is 0 Å². The van der Waals surface area contributed by atoms with E-state index in [1.54, 1.807) is 12.3 Å². The average Bonchev–Trinajstić information content (AvgIpc) is 2.64. The van der Waals surface area contributed by atoms with E-state index in [0.29, 0.717) is 6.54 Å². The van der Waals surface area contributed by atoms with Gasteiger partial charge in [-0.1, -0.05) is 40.3 Å². The summed E-state index contributed by atoms with van der Waals surface area (Å²) < 4.78 is 0. The van der Waals surface area contributed by atoms with E-state index < -0.39 is 5.97 Å². The highest BCUT2D eigenvalue weighted by Gasteiger charge is 2.19. The Morgan fingerprint density at radius 1 is 1.36 bits per heavy atom. The van der Waals surface area contributed by atoms with E-state index in [9.17, 15) is 4.79 Å². The first kappa shape index (κ1) is 22.4. The molecule has 3 N–H and O–H groups in total. The van der Waals surface area contributed by atoms with Gasteiger partial charge in [-0.3, -0.25) is 0 Å². The minimum Gasteiger partial charge on any atom is -0.478 e. The zero-order chi connectivity index (χ0) is 19.4. The molecule has 1 aromatic rings. The fourth-order valence-corrected chi connectivity index (χ4v) is 2.21. The van der Waals surface area contributed by atoms with Crippen LogP contribution in [0.5, 0.6) is 0 Å². The molecule has 25 heavy (non-hydrogen) atoms. The third kappa shape index (κ3) is 6.79. The molecule has 0 radical (unpaired) electrons. The number of hydrogen-bond acceptors (Lipinski definition) is 5. The molecule has 6 heteroatoms. The summed E-state index contributed by atoms with van der Waals surface area (Å²) in [6, 6.07) is 0. The number of fused-ring (bicyclic) bond motifs is 1. The topological polar surface area (TPSA) is 92.3 Å². The zero-order valence-electron chi connectivity index (χ0n) is 15.9. The van der Waals surface area contributed by atoms with Crippen LogP contribution in [0.15, 0.2) is 42.3 Å². The van der Waals surface area contributed by atoms with E-state index >= 15 is 0 Å². The van der Waals surface area contributed by atoms with Gasteiger partial charge in [0.1, 0.15) is 0 Å². The number of carboxylic acids is 1. The van der Waals surface area contributed by atoms with E-state index in [4.69, 9.17) is 10.8 Å². The number of aromatic nitrogens is 2. The third-order valence-electron chi connectivity index (χ3n) is 3.25. The molecule has 1 aliphatic rings. The lowest BCUT2D eigenvalue weighted by atomic mass is 10.1. The Balaban J connectivity index is 0.00000134. The third-order valence-corrected chi connectivity index (χ3v) is 3.25. The zero-order valence-corrected chi connectivity index (χ0v) is 15.9. The molecule has 2 rings (SSSR count). The van der Waals surface area contributed by atoms with Gasteiger partial charge in [-0.2, -0.15) is 0 Å². The Hall–Kier alpha value is -2.63. The normalized spacial score (nSPS) is 13.2. The van der Waals surface area contributed by atoms with Gasteiger partial charge in [0.25, 0.3) is 0 Å². The standard InChI is InChI=1S/C15H18N4O2.2C2H6/c1-3-4-12(7-10(2)14(20)21)19-6-5-13-11(9-19)8-17-15(16)18-13;2*1-2/h3-4,7-8H,2,5-6,9H2,1H3,(H,20,21)(H2,16,17,18);2*1-2H3/b4-3-,12-7+;;. The summed E-state index contributed by atoms with van der Waals surface area (Å²) in [4.78, 5) is 21.3. The largest absolute Gasteiger partial charge is 0.478 e. The number of carbonyl (C=O) groups is 1. The highest BCUT2D eigenvalue weighted by molar-refractivity contribution is 5.89. The van der Waals surface area contributed by atoms with Crippen LogP contribution in [-0.4, -0.2) is 32.5 Å². The van der Waals surface area contributed by atoms with Gasteiger partial charge in [-0.15, -0.1) is 0 Å². The van der Waals surface area contributed by atoms with Crippen LogP contribution in [0.2, 0.25) is 0 Å². The van der Waals surface area contributed by atoms with Crippen molar-refractivity contribution in [2.45, 2.75) is 47.6 Å². The van der Waals surface area contributed by atoms with Crippen molar-refractivity contribution in [2.75, 3.05) is 12.3 Å². The van der Waals surface area contributed by atoms with Crippen molar-refractivity contribution in [3.05, 3.63) is 53.5 Å². The smallest absolute Gasteiger partial charge is 0.335 e. The molecule has 6 nitrogen and oxygen atoms in total. The maximum atomic E-state index is 10.9. The molecule has 0 fully saturated rings. The molecule has 0 saturated heterocycles. The quantitative estimate of drug-likeness (QED) is 0.639. The van der Waals surface area contributed by atoms with Gasteiger partial charge >= 0.3 is 5.97 Å². The molecule has 0 atom stereocenters. The summed E-state index contributed by atoms with van der Waals surface area (Å²) in [5.74, 6) is -0.740. The number of nitrogen functional groups attached to an aromatic ring is 1. The second kappa shape index (κ2) is 11.8. The number of rotatable bonds is 4. The molecular weight excluding hydrogens is 316 g/mol. The van der Waals surface area contributed by atoms with Gasteiger partial charge in [-0.05, 0) is 19.1 Å². The van der Waals surface area contributed by atoms with Crippen LogP contribution >= 0.6 is 0 Å². The Kier molecular flexibility index (Phi) is 10.6. The lowest BCUT2D eigenvalue weighted by Gasteiger charge is -2.30. The Labute approximate surface area is 150 Å². The Morgan fingerprint density at radius 3 is 2.56 bits per heavy atom. The lowest BCUT2D eigenvalue weighted by molar-refractivity contribution is -0.132. The van der Waals surface area contributed by atoms with Crippen LogP contribution < -0.4 is 5.73 Å². The first-order chi connectivity index (χ1) is 12.0. The molecule has 0 unspecified atom stereocenters. The van der Waals surface area contributed by atoms with Crippen molar-refractivity contribution in [3.63, 3.8) is 0 Å². The molecule has 0 aliphatic carbocycles. The van der Waals surface area contributed by atoms with Crippen LogP contribution in [-0.2, 0) is 17.8 Å². The maximum Gasteiger partial charge on any atom is 0.335 e. The fraction of sp³-hybridized carbons (Fsp3) is 0.421. The van der Waals surface area contributed by atoms with Gasteiger partial charge in [0.2, 0.25) is 5.95 Å². The molecule has 0 aromatic carbocycles. The van der Waals surface area contributed by atoms with Gasteiger partial charge in [0.05, 0.1) is 11.3 Å². The molecule has 0 saturated carbocycles. The van der Waals surface area contributed by atoms with Crippen molar-refractivity contribution in [3.8, 4) is 0 Å². The monoisotopic (exact) mass is 346 g/mol. The summed E-state index contributed by atoms with van der Waals surface area (Å²) in [6.07, 6.45) is 7.79. The predicted molar refractivity (Wildman–Crippen MR) is 103 cm³/mol. The number of hydrogen-bond donors (Lipinski definition) is 2. The Bertz CT molecular complexity index is 636. The summed E-state index contributed by atoms with van der Waals surface area (Å²) in [7, 11) is 0. The van der Waals surface area contributed by atoms with Gasteiger partial charge in [0.15, 0.2) is 0 Å². The second-order valence-corrected chi connectivity index (χ2v) is 4.77. The second-order valence-electron chi connectivity index (χ2n) is 4.77. The highest BCUT2D eigenvalue weighted by Crippen LogP contribution is 2.22. The number of nitrogens with zero attached hydrogens (tertiary/aromatic N) is 3.